The SMILES string of the molecule is OC(Cc1ccccc1Br)c1ccc(OC(F)F)cc1. The lowest BCUT2D eigenvalue weighted by Crippen LogP contribution is -2.04. The minimum absolute atomic E-state index is 0.0804. The van der Waals surface area contributed by atoms with Crippen LogP contribution in [-0.4, -0.2) is 11.7 Å². The van der Waals surface area contributed by atoms with Crippen molar-refractivity contribution in [3.05, 3.63) is 64.1 Å². The standard InChI is InChI=1S/C15H13BrF2O2/c16-13-4-2-1-3-11(13)9-14(19)10-5-7-12(8-6-10)20-15(17)18/h1-8,14-15,19H,9H2. The molecule has 0 aliphatic carbocycles. The van der Waals surface area contributed by atoms with Gasteiger partial charge in [0.05, 0.1) is 6.10 Å². The van der Waals surface area contributed by atoms with Gasteiger partial charge in [0.2, 0.25) is 0 Å². The van der Waals surface area contributed by atoms with Crippen LogP contribution in [0.1, 0.15) is 17.2 Å². The van der Waals surface area contributed by atoms with Crippen LogP contribution in [0.5, 0.6) is 5.75 Å². The van der Waals surface area contributed by atoms with Crippen LogP contribution in [0, 0.1) is 0 Å². The topological polar surface area (TPSA) is 29.5 Å². The van der Waals surface area contributed by atoms with Crippen molar-refractivity contribution >= 4 is 15.9 Å². The molecule has 0 amide bonds. The Balaban J connectivity index is 2.06. The number of benzene rings is 2. The summed E-state index contributed by atoms with van der Waals surface area (Å²) in [6.45, 7) is -2.84. The molecule has 106 valence electrons. The molecule has 0 saturated heterocycles. The fourth-order valence-electron chi connectivity index (χ4n) is 1.86. The predicted octanol–water partition coefficient (Wildman–Crippen LogP) is 4.33. The molecule has 1 atom stereocenters. The lowest BCUT2D eigenvalue weighted by molar-refractivity contribution is -0.0498. The maximum atomic E-state index is 12.0. The second-order valence-corrected chi connectivity index (χ2v) is 5.11. The van der Waals surface area contributed by atoms with Gasteiger partial charge in [-0.2, -0.15) is 8.78 Å². The van der Waals surface area contributed by atoms with Crippen LogP contribution in [0.4, 0.5) is 8.78 Å². The number of ether oxygens (including phenoxy) is 1. The quantitative estimate of drug-likeness (QED) is 0.876. The first-order valence-corrected chi connectivity index (χ1v) is 6.82. The van der Waals surface area contributed by atoms with Crippen molar-refractivity contribution in [1.29, 1.82) is 0 Å². The maximum absolute atomic E-state index is 12.0. The Hall–Kier alpha value is -1.46. The Morgan fingerprint density at radius 2 is 1.70 bits per heavy atom. The van der Waals surface area contributed by atoms with E-state index in [9.17, 15) is 13.9 Å². The zero-order valence-electron chi connectivity index (χ0n) is 10.5. The summed E-state index contributed by atoms with van der Waals surface area (Å²) in [4.78, 5) is 0. The molecule has 2 aromatic rings. The Bertz CT molecular complexity index is 558. The van der Waals surface area contributed by atoms with E-state index in [4.69, 9.17) is 0 Å². The molecule has 2 nitrogen and oxygen atoms in total. The first-order valence-electron chi connectivity index (χ1n) is 6.02. The van der Waals surface area contributed by atoms with Crippen LogP contribution in [0.25, 0.3) is 0 Å². The Kier molecular flexibility index (Phi) is 5.09. The highest BCUT2D eigenvalue weighted by Gasteiger charge is 2.11. The van der Waals surface area contributed by atoms with Gasteiger partial charge in [-0.15, -0.1) is 0 Å². The normalized spacial score (nSPS) is 12.4. The number of alkyl halides is 2. The highest BCUT2D eigenvalue weighted by Crippen LogP contribution is 2.25. The van der Waals surface area contributed by atoms with Crippen molar-refractivity contribution in [1.82, 2.24) is 0 Å². The molecule has 0 saturated carbocycles. The lowest BCUT2D eigenvalue weighted by Gasteiger charge is -2.13. The van der Waals surface area contributed by atoms with E-state index < -0.39 is 12.7 Å². The number of aliphatic hydroxyl groups is 1. The molecule has 1 unspecified atom stereocenters. The molecule has 0 radical (unpaired) electrons. The highest BCUT2D eigenvalue weighted by atomic mass is 79.9. The summed E-state index contributed by atoms with van der Waals surface area (Å²) in [6, 6.07) is 13.6. The molecular formula is C15H13BrF2O2. The van der Waals surface area contributed by atoms with Gasteiger partial charge < -0.3 is 9.84 Å². The number of halogens is 3. The Morgan fingerprint density at radius 1 is 1.05 bits per heavy atom. The third-order valence-electron chi connectivity index (χ3n) is 2.86. The molecule has 0 fully saturated rings. The molecule has 20 heavy (non-hydrogen) atoms. The summed E-state index contributed by atoms with van der Waals surface area (Å²) < 4.78 is 29.3. The van der Waals surface area contributed by atoms with Crippen molar-refractivity contribution in [3.63, 3.8) is 0 Å². The van der Waals surface area contributed by atoms with Gasteiger partial charge in [0.1, 0.15) is 5.75 Å². The van der Waals surface area contributed by atoms with Crippen molar-refractivity contribution in [2.24, 2.45) is 0 Å². The molecular weight excluding hydrogens is 330 g/mol. The second-order valence-electron chi connectivity index (χ2n) is 4.26. The largest absolute Gasteiger partial charge is 0.435 e. The maximum Gasteiger partial charge on any atom is 0.387 e. The second kappa shape index (κ2) is 6.81. The third-order valence-corrected chi connectivity index (χ3v) is 3.63. The Labute approximate surface area is 124 Å². The monoisotopic (exact) mass is 342 g/mol. The van der Waals surface area contributed by atoms with Crippen LogP contribution in [0.3, 0.4) is 0 Å². The lowest BCUT2D eigenvalue weighted by atomic mass is 10.0. The summed E-state index contributed by atoms with van der Waals surface area (Å²) in [7, 11) is 0. The van der Waals surface area contributed by atoms with Gasteiger partial charge in [0.15, 0.2) is 0 Å². The zero-order valence-corrected chi connectivity index (χ0v) is 12.1. The summed E-state index contributed by atoms with van der Waals surface area (Å²) >= 11 is 3.42. The van der Waals surface area contributed by atoms with Crippen LogP contribution in [-0.2, 0) is 6.42 Å². The van der Waals surface area contributed by atoms with E-state index in [0.29, 0.717) is 12.0 Å². The van der Waals surface area contributed by atoms with Crippen LogP contribution < -0.4 is 4.74 Å². The van der Waals surface area contributed by atoms with E-state index in [2.05, 4.69) is 20.7 Å². The minimum atomic E-state index is -2.84. The highest BCUT2D eigenvalue weighted by molar-refractivity contribution is 9.10. The van der Waals surface area contributed by atoms with E-state index in [0.717, 1.165) is 10.0 Å². The van der Waals surface area contributed by atoms with Crippen LogP contribution >= 0.6 is 15.9 Å². The predicted molar refractivity (Wildman–Crippen MR) is 75.9 cm³/mol. The molecule has 2 rings (SSSR count). The van der Waals surface area contributed by atoms with Gasteiger partial charge in [-0.25, -0.2) is 0 Å². The molecule has 0 spiro atoms. The smallest absolute Gasteiger partial charge is 0.387 e. The molecule has 0 bridgehead atoms. The van der Waals surface area contributed by atoms with E-state index in [1.54, 1.807) is 12.1 Å². The summed E-state index contributed by atoms with van der Waals surface area (Å²) in [5, 5.41) is 10.2. The van der Waals surface area contributed by atoms with Gasteiger partial charge >= 0.3 is 6.61 Å². The first kappa shape index (κ1) is 14.9. The first-order chi connectivity index (χ1) is 9.56. The van der Waals surface area contributed by atoms with Crippen molar-refractivity contribution < 1.29 is 18.6 Å². The molecule has 0 aromatic heterocycles. The summed E-state index contributed by atoms with van der Waals surface area (Å²) in [6.07, 6.45) is -0.259. The van der Waals surface area contributed by atoms with Gasteiger partial charge in [-0.1, -0.05) is 46.3 Å². The average Bonchev–Trinajstić information content (AvgIpc) is 2.41. The van der Waals surface area contributed by atoms with Gasteiger partial charge in [0, 0.05) is 10.9 Å². The Morgan fingerprint density at radius 3 is 2.30 bits per heavy atom. The number of rotatable bonds is 5. The van der Waals surface area contributed by atoms with E-state index in [1.165, 1.54) is 12.1 Å². The molecule has 0 heterocycles. The molecule has 1 N–H and O–H groups in total. The van der Waals surface area contributed by atoms with Crippen LogP contribution in [0.15, 0.2) is 53.0 Å². The van der Waals surface area contributed by atoms with E-state index in [-0.39, 0.29) is 5.75 Å². The zero-order chi connectivity index (χ0) is 14.5. The van der Waals surface area contributed by atoms with Gasteiger partial charge in [-0.05, 0) is 29.3 Å². The van der Waals surface area contributed by atoms with Crippen LogP contribution in [0.2, 0.25) is 0 Å². The van der Waals surface area contributed by atoms with Crippen molar-refractivity contribution in [3.8, 4) is 5.75 Å². The van der Waals surface area contributed by atoms with E-state index >= 15 is 0 Å². The number of hydrogen-bond donors (Lipinski definition) is 1. The fraction of sp³-hybridized carbons (Fsp3) is 0.200. The summed E-state index contributed by atoms with van der Waals surface area (Å²) in [5.74, 6) is 0.0804. The molecule has 0 aliphatic heterocycles. The third kappa shape index (κ3) is 4.02. The van der Waals surface area contributed by atoms with Gasteiger partial charge in [0.25, 0.3) is 0 Å². The van der Waals surface area contributed by atoms with Crippen molar-refractivity contribution in [2.75, 3.05) is 0 Å². The number of hydrogen-bond acceptors (Lipinski definition) is 2. The van der Waals surface area contributed by atoms with Gasteiger partial charge in [-0.3, -0.25) is 0 Å². The fourth-order valence-corrected chi connectivity index (χ4v) is 2.31. The van der Waals surface area contributed by atoms with E-state index in [1.807, 2.05) is 24.3 Å². The minimum Gasteiger partial charge on any atom is -0.435 e. The summed E-state index contributed by atoms with van der Waals surface area (Å²) in [5.41, 5.74) is 1.63. The molecule has 0 aliphatic rings. The van der Waals surface area contributed by atoms with Crippen molar-refractivity contribution in [2.45, 2.75) is 19.1 Å². The molecule has 5 heteroatoms. The number of aliphatic hydroxyl groups excluding tert-OH is 1. The average molecular weight is 343 g/mol. The molecule has 2 aromatic carbocycles.